The zero-order valence-electron chi connectivity index (χ0n) is 10.5. The van der Waals surface area contributed by atoms with Gasteiger partial charge in [-0.15, -0.1) is 0 Å². The molecule has 0 unspecified atom stereocenters. The lowest BCUT2D eigenvalue weighted by Gasteiger charge is -2.13. The number of carboxylic acids is 1. The van der Waals surface area contributed by atoms with Gasteiger partial charge in [0, 0.05) is 13.2 Å². The van der Waals surface area contributed by atoms with Gasteiger partial charge in [-0.05, 0) is 37.7 Å². The van der Waals surface area contributed by atoms with Gasteiger partial charge in [-0.3, -0.25) is 0 Å². The van der Waals surface area contributed by atoms with Crippen LogP contribution in [0.15, 0.2) is 10.5 Å². The van der Waals surface area contributed by atoms with E-state index < -0.39 is 5.97 Å². The van der Waals surface area contributed by atoms with Gasteiger partial charge in [0.1, 0.15) is 17.1 Å². The highest BCUT2D eigenvalue weighted by molar-refractivity contribution is 5.88. The average Bonchev–Trinajstić information content (AvgIpc) is 2.95. The van der Waals surface area contributed by atoms with E-state index >= 15 is 0 Å². The molecule has 0 spiro atoms. The van der Waals surface area contributed by atoms with Gasteiger partial charge in [-0.2, -0.15) is 0 Å². The van der Waals surface area contributed by atoms with Crippen LogP contribution in [0, 0.1) is 12.3 Å². The zero-order valence-corrected chi connectivity index (χ0v) is 10.5. The largest absolute Gasteiger partial charge is 0.478 e. The third-order valence-corrected chi connectivity index (χ3v) is 3.60. The third-order valence-electron chi connectivity index (χ3n) is 3.60. The highest BCUT2D eigenvalue weighted by atomic mass is 16.4. The lowest BCUT2D eigenvalue weighted by molar-refractivity contribution is 0.0695. The van der Waals surface area contributed by atoms with Gasteiger partial charge in [-0.25, -0.2) is 4.79 Å². The second-order valence-electron chi connectivity index (χ2n) is 5.06. The van der Waals surface area contributed by atoms with E-state index in [0.29, 0.717) is 18.1 Å². The Morgan fingerprint density at radius 3 is 2.78 bits per heavy atom. The summed E-state index contributed by atoms with van der Waals surface area (Å²) in [4.78, 5) is 10.9. The number of nitrogens with one attached hydrogen (secondary N) is 1. The fourth-order valence-electron chi connectivity index (χ4n) is 2.22. The Kier molecular flexibility index (Phi) is 3.73. The first-order valence-corrected chi connectivity index (χ1v) is 6.20. The molecule has 0 radical (unpaired) electrons. The summed E-state index contributed by atoms with van der Waals surface area (Å²) in [7, 11) is 0. The molecule has 0 amide bonds. The summed E-state index contributed by atoms with van der Waals surface area (Å²) in [6.07, 6.45) is 3.13. The average molecular weight is 253 g/mol. The molecule has 1 fully saturated rings. The van der Waals surface area contributed by atoms with Crippen LogP contribution in [0.25, 0.3) is 0 Å². The van der Waals surface area contributed by atoms with Crippen molar-refractivity contribution in [2.24, 2.45) is 5.41 Å². The number of aliphatic hydroxyl groups excluding tert-OH is 1. The van der Waals surface area contributed by atoms with Crippen molar-refractivity contribution in [3.63, 3.8) is 0 Å². The first-order chi connectivity index (χ1) is 8.56. The van der Waals surface area contributed by atoms with Crippen molar-refractivity contribution >= 4 is 5.97 Å². The predicted molar refractivity (Wildman–Crippen MR) is 65.5 cm³/mol. The first kappa shape index (κ1) is 13.1. The number of hydrogen-bond donors (Lipinski definition) is 3. The summed E-state index contributed by atoms with van der Waals surface area (Å²) >= 11 is 0. The van der Waals surface area contributed by atoms with E-state index in [2.05, 4.69) is 5.32 Å². The number of furan rings is 1. The molecule has 5 heteroatoms. The Morgan fingerprint density at radius 2 is 2.28 bits per heavy atom. The van der Waals surface area contributed by atoms with E-state index in [-0.39, 0.29) is 17.6 Å². The van der Waals surface area contributed by atoms with E-state index in [1.54, 1.807) is 13.0 Å². The summed E-state index contributed by atoms with van der Waals surface area (Å²) in [6, 6.07) is 1.57. The van der Waals surface area contributed by atoms with Gasteiger partial charge in [0.15, 0.2) is 0 Å². The molecule has 3 N–H and O–H groups in total. The van der Waals surface area contributed by atoms with Crippen molar-refractivity contribution < 1.29 is 19.4 Å². The maximum absolute atomic E-state index is 10.9. The molecule has 1 saturated carbocycles. The monoisotopic (exact) mass is 253 g/mol. The van der Waals surface area contributed by atoms with E-state index in [4.69, 9.17) is 14.6 Å². The molecule has 1 aromatic heterocycles. The zero-order chi connectivity index (χ0) is 13.2. The number of carbonyl (C=O) groups is 1. The van der Waals surface area contributed by atoms with Crippen LogP contribution in [0.5, 0.6) is 0 Å². The van der Waals surface area contributed by atoms with Crippen molar-refractivity contribution in [3.05, 3.63) is 23.2 Å². The van der Waals surface area contributed by atoms with Crippen LogP contribution in [-0.4, -0.2) is 29.3 Å². The van der Waals surface area contributed by atoms with Crippen LogP contribution in [0.1, 0.15) is 41.1 Å². The van der Waals surface area contributed by atoms with Gasteiger partial charge in [-0.1, -0.05) is 0 Å². The third kappa shape index (κ3) is 2.91. The van der Waals surface area contributed by atoms with E-state index in [1.165, 1.54) is 0 Å². The Bertz CT molecular complexity index is 434. The number of hydrogen-bond acceptors (Lipinski definition) is 4. The predicted octanol–water partition coefficient (Wildman–Crippen LogP) is 1.54. The molecule has 18 heavy (non-hydrogen) atoms. The topological polar surface area (TPSA) is 82.7 Å². The fraction of sp³-hybridized carbons (Fsp3) is 0.615. The van der Waals surface area contributed by atoms with Crippen molar-refractivity contribution in [1.29, 1.82) is 0 Å². The van der Waals surface area contributed by atoms with Crippen LogP contribution in [0.4, 0.5) is 0 Å². The van der Waals surface area contributed by atoms with Crippen LogP contribution in [-0.2, 0) is 6.54 Å². The van der Waals surface area contributed by atoms with Gasteiger partial charge >= 0.3 is 5.97 Å². The number of aryl methyl sites for hydroxylation is 1. The van der Waals surface area contributed by atoms with E-state index in [0.717, 1.165) is 25.8 Å². The highest BCUT2D eigenvalue weighted by Crippen LogP contribution is 2.47. The smallest absolute Gasteiger partial charge is 0.339 e. The van der Waals surface area contributed by atoms with Gasteiger partial charge in [0.2, 0.25) is 0 Å². The number of carboxylic acid groups (broad SMARTS) is 1. The molecule has 1 aliphatic rings. The number of aliphatic hydroxyl groups is 1. The maximum atomic E-state index is 10.9. The SMILES string of the molecule is Cc1oc(CNCC2(CCO)CC2)cc1C(=O)O. The highest BCUT2D eigenvalue weighted by Gasteiger charge is 2.41. The molecule has 100 valence electrons. The molecule has 0 aliphatic heterocycles. The van der Waals surface area contributed by atoms with Gasteiger partial charge < -0.3 is 19.9 Å². The van der Waals surface area contributed by atoms with Crippen molar-refractivity contribution in [3.8, 4) is 0 Å². The van der Waals surface area contributed by atoms with Gasteiger partial charge in [0.05, 0.1) is 6.54 Å². The van der Waals surface area contributed by atoms with Crippen LogP contribution in [0.3, 0.4) is 0 Å². The second-order valence-corrected chi connectivity index (χ2v) is 5.06. The van der Waals surface area contributed by atoms with Crippen molar-refractivity contribution in [2.75, 3.05) is 13.2 Å². The molecule has 1 heterocycles. The van der Waals surface area contributed by atoms with Crippen LogP contribution >= 0.6 is 0 Å². The Labute approximate surface area is 106 Å². The molecule has 1 aromatic rings. The first-order valence-electron chi connectivity index (χ1n) is 6.20. The molecule has 0 bridgehead atoms. The number of aromatic carboxylic acids is 1. The van der Waals surface area contributed by atoms with Crippen molar-refractivity contribution in [2.45, 2.75) is 32.7 Å². The molecule has 0 aromatic carbocycles. The van der Waals surface area contributed by atoms with Crippen molar-refractivity contribution in [1.82, 2.24) is 5.32 Å². The summed E-state index contributed by atoms with van der Waals surface area (Å²) in [6.45, 7) is 3.25. The lowest BCUT2D eigenvalue weighted by atomic mass is 10.0. The summed E-state index contributed by atoms with van der Waals surface area (Å²) in [5.74, 6) is 0.127. The molecule has 0 saturated heterocycles. The minimum Gasteiger partial charge on any atom is -0.478 e. The number of rotatable bonds is 7. The molecule has 1 aliphatic carbocycles. The lowest BCUT2D eigenvalue weighted by Crippen LogP contribution is -2.24. The maximum Gasteiger partial charge on any atom is 0.339 e. The molecule has 5 nitrogen and oxygen atoms in total. The molecule has 0 atom stereocenters. The summed E-state index contributed by atoms with van der Waals surface area (Å²) < 4.78 is 5.38. The van der Waals surface area contributed by atoms with Gasteiger partial charge in [0.25, 0.3) is 0 Å². The second kappa shape index (κ2) is 5.12. The van der Waals surface area contributed by atoms with Crippen LogP contribution < -0.4 is 5.32 Å². The molecule has 2 rings (SSSR count). The summed E-state index contributed by atoms with van der Waals surface area (Å²) in [5.41, 5.74) is 0.481. The Morgan fingerprint density at radius 1 is 1.56 bits per heavy atom. The quantitative estimate of drug-likeness (QED) is 0.686. The Hall–Kier alpha value is -1.33. The minimum atomic E-state index is -0.957. The standard InChI is InChI=1S/C13H19NO4/c1-9-11(12(16)17)6-10(18-9)7-14-8-13(2-3-13)4-5-15/h6,14-15H,2-5,7-8H2,1H3,(H,16,17). The molecular weight excluding hydrogens is 234 g/mol. The molecular formula is C13H19NO4. The van der Waals surface area contributed by atoms with Crippen LogP contribution in [0.2, 0.25) is 0 Å². The Balaban J connectivity index is 1.84. The summed E-state index contributed by atoms with van der Waals surface area (Å²) in [5, 5.41) is 21.1. The fourth-order valence-corrected chi connectivity index (χ4v) is 2.22. The normalized spacial score (nSPS) is 16.8. The minimum absolute atomic E-state index is 0.225. The van der Waals surface area contributed by atoms with E-state index in [9.17, 15) is 4.79 Å². The van der Waals surface area contributed by atoms with E-state index in [1.807, 2.05) is 0 Å².